The second-order valence-corrected chi connectivity index (χ2v) is 7.59. The normalized spacial score (nSPS) is 11.8. The SMILES string of the molecule is O=C(Nc1ccc(F)cc1)C(Sc1nnc(Cc2ccccc2)o1)c1ccccc1. The van der Waals surface area contributed by atoms with Crippen molar-refractivity contribution < 1.29 is 13.6 Å². The van der Waals surface area contributed by atoms with Gasteiger partial charge in [-0.1, -0.05) is 60.7 Å². The van der Waals surface area contributed by atoms with Crippen LogP contribution in [0.2, 0.25) is 0 Å². The second-order valence-electron chi connectivity index (χ2n) is 6.53. The third-order valence-electron chi connectivity index (χ3n) is 4.32. The highest BCUT2D eigenvalue weighted by molar-refractivity contribution is 8.00. The van der Waals surface area contributed by atoms with Crippen LogP contribution in [0.5, 0.6) is 0 Å². The first kappa shape index (κ1) is 19.8. The van der Waals surface area contributed by atoms with Gasteiger partial charge in [0.25, 0.3) is 5.22 Å². The third kappa shape index (κ3) is 5.12. The molecule has 4 rings (SSSR count). The van der Waals surface area contributed by atoms with Crippen molar-refractivity contribution in [2.45, 2.75) is 16.9 Å². The summed E-state index contributed by atoms with van der Waals surface area (Å²) in [5.74, 6) is -0.145. The van der Waals surface area contributed by atoms with Crippen LogP contribution in [0, 0.1) is 5.82 Å². The highest BCUT2D eigenvalue weighted by atomic mass is 32.2. The Hall–Kier alpha value is -3.45. The maximum Gasteiger partial charge on any atom is 0.277 e. The second kappa shape index (κ2) is 9.37. The molecular weight excluding hydrogens is 401 g/mol. The van der Waals surface area contributed by atoms with Crippen LogP contribution in [0.1, 0.15) is 22.3 Å². The Bertz CT molecular complexity index is 1100. The molecule has 0 saturated heterocycles. The minimum atomic E-state index is -0.610. The van der Waals surface area contributed by atoms with Crippen LogP contribution in [-0.2, 0) is 11.2 Å². The summed E-state index contributed by atoms with van der Waals surface area (Å²) in [5, 5.41) is 10.7. The molecular formula is C23H18FN3O2S. The molecule has 1 aromatic heterocycles. The monoisotopic (exact) mass is 419 g/mol. The summed E-state index contributed by atoms with van der Waals surface area (Å²) in [6.07, 6.45) is 0.520. The van der Waals surface area contributed by atoms with Gasteiger partial charge in [-0.05, 0) is 47.2 Å². The lowest BCUT2D eigenvalue weighted by atomic mass is 10.1. The molecule has 150 valence electrons. The molecule has 0 aliphatic heterocycles. The summed E-state index contributed by atoms with van der Waals surface area (Å²) in [6, 6.07) is 24.8. The standard InChI is InChI=1S/C23H18FN3O2S/c24-18-11-13-19(14-12-18)25-22(28)21(17-9-5-2-6-10-17)30-23-27-26-20(29-23)15-16-7-3-1-4-8-16/h1-14,21H,15H2,(H,25,28). The third-order valence-corrected chi connectivity index (χ3v) is 5.41. The minimum absolute atomic E-state index is 0.263. The fourth-order valence-electron chi connectivity index (χ4n) is 2.87. The van der Waals surface area contributed by atoms with Gasteiger partial charge in [0.1, 0.15) is 11.1 Å². The van der Waals surface area contributed by atoms with Crippen LogP contribution in [0.3, 0.4) is 0 Å². The molecule has 4 aromatic rings. The summed E-state index contributed by atoms with van der Waals surface area (Å²) in [5.41, 5.74) is 2.37. The fraction of sp³-hybridized carbons (Fsp3) is 0.0870. The number of thioether (sulfide) groups is 1. The summed E-state index contributed by atoms with van der Waals surface area (Å²) in [7, 11) is 0. The molecule has 1 unspecified atom stereocenters. The van der Waals surface area contributed by atoms with Crippen LogP contribution in [-0.4, -0.2) is 16.1 Å². The van der Waals surface area contributed by atoms with E-state index in [1.807, 2.05) is 60.7 Å². The van der Waals surface area contributed by atoms with E-state index in [2.05, 4.69) is 15.5 Å². The number of amides is 1. The Kier molecular flexibility index (Phi) is 6.20. The van der Waals surface area contributed by atoms with Gasteiger partial charge in [0.05, 0.1) is 6.42 Å². The van der Waals surface area contributed by atoms with Gasteiger partial charge in [-0.3, -0.25) is 4.79 Å². The smallest absolute Gasteiger partial charge is 0.277 e. The molecule has 7 heteroatoms. The molecule has 1 atom stereocenters. The van der Waals surface area contributed by atoms with E-state index >= 15 is 0 Å². The highest BCUT2D eigenvalue weighted by Crippen LogP contribution is 2.35. The molecule has 1 N–H and O–H groups in total. The van der Waals surface area contributed by atoms with Crippen molar-refractivity contribution >= 4 is 23.4 Å². The summed E-state index contributed by atoms with van der Waals surface area (Å²) < 4.78 is 18.9. The number of hydrogen-bond donors (Lipinski definition) is 1. The first-order valence-electron chi connectivity index (χ1n) is 9.32. The lowest BCUT2D eigenvalue weighted by Gasteiger charge is -2.15. The number of nitrogens with one attached hydrogen (secondary N) is 1. The van der Waals surface area contributed by atoms with E-state index in [9.17, 15) is 9.18 Å². The van der Waals surface area contributed by atoms with E-state index in [0.717, 1.165) is 11.1 Å². The number of anilines is 1. The van der Waals surface area contributed by atoms with Crippen LogP contribution in [0.4, 0.5) is 10.1 Å². The van der Waals surface area contributed by atoms with Gasteiger partial charge in [0.15, 0.2) is 0 Å². The molecule has 0 spiro atoms. The molecule has 0 saturated carbocycles. The summed E-state index contributed by atoms with van der Waals surface area (Å²) in [6.45, 7) is 0. The first-order chi connectivity index (χ1) is 14.7. The number of rotatable bonds is 7. The van der Waals surface area contributed by atoms with Crippen LogP contribution in [0.15, 0.2) is 94.6 Å². The quantitative estimate of drug-likeness (QED) is 0.413. The Morgan fingerprint density at radius 1 is 0.933 bits per heavy atom. The van der Waals surface area contributed by atoms with Gasteiger partial charge in [0, 0.05) is 5.69 Å². The molecule has 0 bridgehead atoms. The van der Waals surface area contributed by atoms with E-state index < -0.39 is 5.25 Å². The highest BCUT2D eigenvalue weighted by Gasteiger charge is 2.25. The van der Waals surface area contributed by atoms with Gasteiger partial charge in [-0.15, -0.1) is 10.2 Å². The van der Waals surface area contributed by atoms with E-state index in [0.29, 0.717) is 23.2 Å². The van der Waals surface area contributed by atoms with Crippen LogP contribution >= 0.6 is 11.8 Å². The van der Waals surface area contributed by atoms with Crippen molar-refractivity contribution in [3.63, 3.8) is 0 Å². The van der Waals surface area contributed by atoms with E-state index in [1.54, 1.807) is 0 Å². The van der Waals surface area contributed by atoms with E-state index in [4.69, 9.17) is 4.42 Å². The topological polar surface area (TPSA) is 68.0 Å². The van der Waals surface area contributed by atoms with Crippen molar-refractivity contribution in [2.24, 2.45) is 0 Å². The van der Waals surface area contributed by atoms with Gasteiger partial charge in [0.2, 0.25) is 11.8 Å². The molecule has 3 aromatic carbocycles. The Labute approximate surface area is 177 Å². The van der Waals surface area contributed by atoms with Crippen molar-refractivity contribution in [3.8, 4) is 0 Å². The van der Waals surface area contributed by atoms with Crippen molar-refractivity contribution in [3.05, 3.63) is 108 Å². The van der Waals surface area contributed by atoms with Gasteiger partial charge >= 0.3 is 0 Å². The summed E-state index contributed by atoms with van der Waals surface area (Å²) >= 11 is 1.18. The van der Waals surface area contributed by atoms with Crippen LogP contribution < -0.4 is 5.32 Å². The molecule has 0 radical (unpaired) electrons. The number of hydrogen-bond acceptors (Lipinski definition) is 5. The lowest BCUT2D eigenvalue weighted by Crippen LogP contribution is -2.19. The predicted molar refractivity (Wildman–Crippen MR) is 114 cm³/mol. The molecule has 0 aliphatic carbocycles. The maximum absolute atomic E-state index is 13.1. The maximum atomic E-state index is 13.1. The average molecular weight is 419 g/mol. The number of aromatic nitrogens is 2. The summed E-state index contributed by atoms with van der Waals surface area (Å²) in [4.78, 5) is 13.0. The molecule has 0 aliphatic rings. The molecule has 5 nitrogen and oxygen atoms in total. The van der Waals surface area contributed by atoms with Crippen molar-refractivity contribution in [2.75, 3.05) is 5.32 Å². The Morgan fingerprint density at radius 2 is 1.60 bits per heavy atom. The van der Waals surface area contributed by atoms with E-state index in [-0.39, 0.29) is 11.7 Å². The van der Waals surface area contributed by atoms with Gasteiger partial charge in [-0.2, -0.15) is 0 Å². The van der Waals surface area contributed by atoms with Crippen molar-refractivity contribution in [1.29, 1.82) is 0 Å². The zero-order valence-electron chi connectivity index (χ0n) is 15.9. The number of halogens is 1. The average Bonchev–Trinajstić information content (AvgIpc) is 3.22. The van der Waals surface area contributed by atoms with E-state index in [1.165, 1.54) is 36.0 Å². The van der Waals surface area contributed by atoms with Crippen molar-refractivity contribution in [1.82, 2.24) is 10.2 Å². The van der Waals surface area contributed by atoms with Crippen LogP contribution in [0.25, 0.3) is 0 Å². The first-order valence-corrected chi connectivity index (χ1v) is 10.2. The zero-order chi connectivity index (χ0) is 20.8. The predicted octanol–water partition coefficient (Wildman–Crippen LogP) is 5.27. The molecule has 0 fully saturated rings. The largest absolute Gasteiger partial charge is 0.416 e. The molecule has 1 amide bonds. The fourth-order valence-corrected chi connectivity index (χ4v) is 3.76. The Balaban J connectivity index is 1.52. The number of nitrogens with zero attached hydrogens (tertiary/aromatic N) is 2. The number of carbonyl (C=O) groups excluding carboxylic acids is 1. The zero-order valence-corrected chi connectivity index (χ0v) is 16.7. The van der Waals surface area contributed by atoms with Gasteiger partial charge < -0.3 is 9.73 Å². The molecule has 30 heavy (non-hydrogen) atoms. The molecule has 1 heterocycles. The van der Waals surface area contributed by atoms with Gasteiger partial charge in [-0.25, -0.2) is 4.39 Å². The lowest BCUT2D eigenvalue weighted by molar-refractivity contribution is -0.115. The minimum Gasteiger partial charge on any atom is -0.416 e. The number of carbonyl (C=O) groups is 1. The number of benzene rings is 3. The Morgan fingerprint density at radius 3 is 2.30 bits per heavy atom.